The van der Waals surface area contributed by atoms with Crippen LogP contribution in [0.5, 0.6) is 5.88 Å². The molecular weight excluding hydrogens is 523 g/mol. The number of hydrogen-bond donors (Lipinski definition) is 2. The second-order valence-electron chi connectivity index (χ2n) is 8.77. The van der Waals surface area contributed by atoms with E-state index in [4.69, 9.17) is 4.74 Å². The van der Waals surface area contributed by atoms with Gasteiger partial charge in [-0.3, -0.25) is 9.48 Å². The molecule has 38 heavy (non-hydrogen) atoms. The summed E-state index contributed by atoms with van der Waals surface area (Å²) in [6, 6.07) is 8.76. The second-order valence-corrected chi connectivity index (χ2v) is 9.63. The van der Waals surface area contributed by atoms with Crippen molar-refractivity contribution in [3.8, 4) is 27.8 Å². The van der Waals surface area contributed by atoms with Crippen molar-refractivity contribution >= 4 is 28.9 Å². The van der Waals surface area contributed by atoms with Crippen molar-refractivity contribution in [1.82, 2.24) is 29.6 Å². The fourth-order valence-electron chi connectivity index (χ4n) is 4.05. The molecule has 1 fully saturated rings. The SMILES string of the molecule is CN1CCC(O)(c2cccc(-c3nc(-c4ccnc(Nc5cn(C)nc5OCC(F)(F)F)n4)cs3)c2)C1=O. The number of amides is 1. The molecule has 5 rings (SSSR count). The predicted octanol–water partition coefficient (Wildman–Crippen LogP) is 3.74. The van der Waals surface area contributed by atoms with Gasteiger partial charge >= 0.3 is 6.18 Å². The summed E-state index contributed by atoms with van der Waals surface area (Å²) in [7, 11) is 3.21. The van der Waals surface area contributed by atoms with Crippen LogP contribution in [0.25, 0.3) is 22.0 Å². The van der Waals surface area contributed by atoms with E-state index in [0.29, 0.717) is 34.9 Å². The molecule has 0 radical (unpaired) electrons. The number of nitrogens with zero attached hydrogens (tertiary/aromatic N) is 6. The summed E-state index contributed by atoms with van der Waals surface area (Å²) < 4.78 is 43.9. The molecule has 1 aromatic carbocycles. The second kappa shape index (κ2) is 9.68. The third-order valence-corrected chi connectivity index (χ3v) is 6.82. The zero-order valence-corrected chi connectivity index (χ0v) is 21.0. The standard InChI is InChI=1S/C24H22F3N7O3S/c1-33-9-7-23(36,21(33)35)15-5-3-4-14(10-15)20-29-18(12-38-20)16-6-8-28-22(30-16)31-17-11-34(2)32-19(17)37-13-24(25,26)27/h3-6,8,10-12,36H,7,9,13H2,1-2H3,(H,28,30,31). The number of hydrogen-bond acceptors (Lipinski definition) is 9. The van der Waals surface area contributed by atoms with E-state index >= 15 is 0 Å². The van der Waals surface area contributed by atoms with Gasteiger partial charge in [0.1, 0.15) is 16.4 Å². The van der Waals surface area contributed by atoms with Crippen LogP contribution in [0.4, 0.5) is 24.8 Å². The van der Waals surface area contributed by atoms with Crippen LogP contribution in [0, 0.1) is 0 Å². The summed E-state index contributed by atoms with van der Waals surface area (Å²) in [6.45, 7) is -1.01. The maximum absolute atomic E-state index is 12.6. The molecular formula is C24H22F3N7O3S. The van der Waals surface area contributed by atoms with Gasteiger partial charge in [0.15, 0.2) is 12.2 Å². The Hall–Kier alpha value is -4.04. The fraction of sp³-hybridized carbons (Fsp3) is 0.292. The monoisotopic (exact) mass is 545 g/mol. The fourth-order valence-corrected chi connectivity index (χ4v) is 4.86. The summed E-state index contributed by atoms with van der Waals surface area (Å²) >= 11 is 1.36. The zero-order valence-electron chi connectivity index (χ0n) is 20.2. The Morgan fingerprint density at radius 1 is 1.21 bits per heavy atom. The molecule has 1 atom stereocenters. The van der Waals surface area contributed by atoms with Gasteiger partial charge in [0.2, 0.25) is 5.95 Å². The first-order chi connectivity index (χ1) is 18.0. The third kappa shape index (κ3) is 5.17. The molecule has 1 amide bonds. The quantitative estimate of drug-likeness (QED) is 0.361. The summed E-state index contributed by atoms with van der Waals surface area (Å²) in [6.07, 6.45) is -1.25. The largest absolute Gasteiger partial charge is 0.465 e. The highest BCUT2D eigenvalue weighted by Gasteiger charge is 2.45. The molecule has 4 heterocycles. The molecule has 14 heteroatoms. The maximum atomic E-state index is 12.6. The highest BCUT2D eigenvalue weighted by Crippen LogP contribution is 2.36. The van der Waals surface area contributed by atoms with Crippen LogP contribution in [0.15, 0.2) is 48.1 Å². The van der Waals surface area contributed by atoms with E-state index in [1.807, 2.05) is 6.07 Å². The highest BCUT2D eigenvalue weighted by molar-refractivity contribution is 7.13. The average Bonchev–Trinajstić information content (AvgIpc) is 3.58. The Kier molecular flexibility index (Phi) is 6.53. The Labute approximate surface area is 218 Å². The average molecular weight is 546 g/mol. The van der Waals surface area contributed by atoms with E-state index in [1.54, 1.807) is 43.7 Å². The lowest BCUT2D eigenvalue weighted by Gasteiger charge is -2.21. The first kappa shape index (κ1) is 25.6. The lowest BCUT2D eigenvalue weighted by molar-refractivity contribution is -0.154. The summed E-state index contributed by atoms with van der Waals surface area (Å²) in [5, 5.41) is 20.2. The van der Waals surface area contributed by atoms with Crippen LogP contribution >= 0.6 is 11.3 Å². The molecule has 0 aliphatic carbocycles. The van der Waals surface area contributed by atoms with Crippen LogP contribution in [0.2, 0.25) is 0 Å². The Balaban J connectivity index is 1.36. The molecule has 198 valence electrons. The van der Waals surface area contributed by atoms with Crippen molar-refractivity contribution in [3.05, 3.63) is 53.7 Å². The van der Waals surface area contributed by atoms with E-state index in [9.17, 15) is 23.1 Å². The van der Waals surface area contributed by atoms with Gasteiger partial charge in [-0.1, -0.05) is 18.2 Å². The Morgan fingerprint density at radius 3 is 2.76 bits per heavy atom. The highest BCUT2D eigenvalue weighted by atomic mass is 32.1. The first-order valence-corrected chi connectivity index (χ1v) is 12.3. The van der Waals surface area contributed by atoms with Gasteiger partial charge in [-0.05, 0) is 17.7 Å². The molecule has 3 aromatic heterocycles. The number of likely N-dealkylation sites (tertiary alicyclic amines) is 1. The number of carbonyl (C=O) groups is 1. The number of benzene rings is 1. The number of aromatic nitrogens is 5. The topological polar surface area (TPSA) is 118 Å². The summed E-state index contributed by atoms with van der Waals surface area (Å²) in [5.41, 5.74) is 0.894. The lowest BCUT2D eigenvalue weighted by Crippen LogP contribution is -2.36. The smallest absolute Gasteiger partial charge is 0.422 e. The van der Waals surface area contributed by atoms with Crippen molar-refractivity contribution < 1.29 is 27.8 Å². The zero-order chi connectivity index (χ0) is 27.1. The van der Waals surface area contributed by atoms with E-state index in [0.717, 1.165) is 5.56 Å². The van der Waals surface area contributed by atoms with Crippen molar-refractivity contribution in [2.45, 2.75) is 18.2 Å². The van der Waals surface area contributed by atoms with Crippen LogP contribution in [-0.2, 0) is 17.4 Å². The summed E-state index contributed by atoms with van der Waals surface area (Å²) in [5.74, 6) is -0.450. The van der Waals surface area contributed by atoms with Gasteiger partial charge in [-0.25, -0.2) is 15.0 Å². The first-order valence-electron chi connectivity index (χ1n) is 11.4. The van der Waals surface area contributed by atoms with E-state index in [-0.39, 0.29) is 23.4 Å². The number of ether oxygens (including phenoxy) is 1. The van der Waals surface area contributed by atoms with Gasteiger partial charge in [0.25, 0.3) is 11.8 Å². The number of likely N-dealkylation sites (N-methyl/N-ethyl adjacent to an activating group) is 1. The van der Waals surface area contributed by atoms with Crippen molar-refractivity contribution in [2.24, 2.45) is 7.05 Å². The number of thiazole rings is 1. The molecule has 1 saturated heterocycles. The number of rotatable bonds is 7. The predicted molar refractivity (Wildman–Crippen MR) is 133 cm³/mol. The van der Waals surface area contributed by atoms with E-state index < -0.39 is 18.4 Å². The minimum atomic E-state index is -4.51. The Morgan fingerprint density at radius 2 is 2.03 bits per heavy atom. The van der Waals surface area contributed by atoms with Gasteiger partial charge in [-0.15, -0.1) is 16.4 Å². The number of nitrogens with one attached hydrogen (secondary N) is 1. The van der Waals surface area contributed by atoms with Crippen LogP contribution < -0.4 is 10.1 Å². The lowest BCUT2D eigenvalue weighted by atomic mass is 9.91. The molecule has 0 saturated carbocycles. The van der Waals surface area contributed by atoms with Gasteiger partial charge < -0.3 is 20.1 Å². The number of aliphatic hydroxyl groups is 1. The molecule has 1 aliphatic heterocycles. The van der Waals surface area contributed by atoms with E-state index in [2.05, 4.69) is 25.4 Å². The Bertz CT molecular complexity index is 1490. The van der Waals surface area contributed by atoms with Gasteiger partial charge in [-0.2, -0.15) is 13.2 Å². The number of carbonyl (C=O) groups excluding carboxylic acids is 1. The molecule has 4 aromatic rings. The molecule has 2 N–H and O–H groups in total. The van der Waals surface area contributed by atoms with Gasteiger partial charge in [0.05, 0.1) is 11.9 Å². The van der Waals surface area contributed by atoms with Crippen LogP contribution in [0.3, 0.4) is 0 Å². The number of aryl methyl sites for hydroxylation is 1. The van der Waals surface area contributed by atoms with Gasteiger partial charge in [0, 0.05) is 44.2 Å². The minimum Gasteiger partial charge on any atom is -0.465 e. The normalized spacial score (nSPS) is 17.7. The molecule has 0 spiro atoms. The molecule has 10 nitrogen and oxygen atoms in total. The van der Waals surface area contributed by atoms with Crippen molar-refractivity contribution in [3.63, 3.8) is 0 Å². The summed E-state index contributed by atoms with van der Waals surface area (Å²) in [4.78, 5) is 27.2. The molecule has 1 unspecified atom stereocenters. The van der Waals surface area contributed by atoms with Crippen molar-refractivity contribution in [1.29, 1.82) is 0 Å². The number of halogens is 3. The molecule has 0 bridgehead atoms. The van der Waals surface area contributed by atoms with E-state index in [1.165, 1.54) is 33.3 Å². The third-order valence-electron chi connectivity index (χ3n) is 5.93. The molecule has 1 aliphatic rings. The maximum Gasteiger partial charge on any atom is 0.422 e. The van der Waals surface area contributed by atoms with Crippen LogP contribution in [0.1, 0.15) is 12.0 Å². The van der Waals surface area contributed by atoms with Crippen LogP contribution in [-0.4, -0.2) is 67.0 Å². The number of alkyl halides is 3. The minimum absolute atomic E-state index is 0.120. The van der Waals surface area contributed by atoms with Crippen molar-refractivity contribution in [2.75, 3.05) is 25.5 Å². The number of anilines is 2.